The number of rotatable bonds is 7. The molecular weight excluding hydrogens is 230 g/mol. The van der Waals surface area contributed by atoms with Crippen LogP contribution in [-0.4, -0.2) is 44.6 Å². The van der Waals surface area contributed by atoms with Crippen molar-refractivity contribution in [3.05, 3.63) is 0 Å². The highest BCUT2D eigenvalue weighted by Crippen LogP contribution is 2.24. The number of carbonyl (C=O) groups excluding carboxylic acids is 1. The molecule has 0 aliphatic carbocycles. The summed E-state index contributed by atoms with van der Waals surface area (Å²) in [5.41, 5.74) is -0.340. The summed E-state index contributed by atoms with van der Waals surface area (Å²) in [5.74, 6) is -1.01. The van der Waals surface area contributed by atoms with Crippen molar-refractivity contribution in [3.63, 3.8) is 0 Å². The van der Waals surface area contributed by atoms with Crippen LogP contribution in [0.4, 0.5) is 0 Å². The third-order valence-electron chi connectivity index (χ3n) is 2.89. The zero-order chi connectivity index (χ0) is 12.8. The Morgan fingerprint density at radius 1 is 1.31 bits per heavy atom. The number of aliphatic hydroxyl groups is 1. The van der Waals surface area contributed by atoms with E-state index in [-0.39, 0.29) is 12.0 Å². The molecule has 0 spiro atoms. The normalized spacial score (nSPS) is 12.5. The van der Waals surface area contributed by atoms with Crippen LogP contribution < -0.4 is 5.32 Å². The summed E-state index contributed by atoms with van der Waals surface area (Å²) >= 11 is 0. The predicted molar refractivity (Wildman–Crippen MR) is 62.8 cm³/mol. The van der Waals surface area contributed by atoms with Crippen LogP contribution >= 0.6 is 0 Å². The Morgan fingerprint density at radius 3 is 2.12 bits per heavy atom. The summed E-state index contributed by atoms with van der Waals surface area (Å²) < 4.78 is 21.7. The lowest BCUT2D eigenvalue weighted by Crippen LogP contribution is -2.41. The lowest BCUT2D eigenvalue weighted by Gasteiger charge is -2.29. The van der Waals surface area contributed by atoms with E-state index in [4.69, 9.17) is 0 Å². The molecule has 0 aliphatic heterocycles. The lowest BCUT2D eigenvalue weighted by atomic mass is 9.83. The molecule has 96 valence electrons. The predicted octanol–water partition coefficient (Wildman–Crippen LogP) is -0.0541. The molecule has 1 amide bonds. The molecule has 0 aromatic heterocycles. The van der Waals surface area contributed by atoms with Crippen molar-refractivity contribution < 1.29 is 18.3 Å². The van der Waals surface area contributed by atoms with Crippen LogP contribution in [0.25, 0.3) is 0 Å². The molecule has 0 bridgehead atoms. The van der Waals surface area contributed by atoms with Crippen LogP contribution in [0.2, 0.25) is 0 Å². The van der Waals surface area contributed by atoms with E-state index in [1.807, 2.05) is 13.8 Å². The topological polar surface area (TPSA) is 83.5 Å². The maximum Gasteiger partial charge on any atom is 0.235 e. The minimum atomic E-state index is -3.29. The molecule has 0 aromatic carbocycles. The van der Waals surface area contributed by atoms with Crippen LogP contribution in [0, 0.1) is 5.41 Å². The van der Waals surface area contributed by atoms with Gasteiger partial charge in [-0.05, 0) is 12.8 Å². The van der Waals surface area contributed by atoms with Gasteiger partial charge in [-0.15, -0.1) is 0 Å². The van der Waals surface area contributed by atoms with Crippen LogP contribution in [0.5, 0.6) is 0 Å². The fourth-order valence-corrected chi connectivity index (χ4v) is 1.93. The van der Waals surface area contributed by atoms with Crippen molar-refractivity contribution in [2.45, 2.75) is 26.7 Å². The minimum Gasteiger partial charge on any atom is -0.396 e. The number of sulfone groups is 1. The summed E-state index contributed by atoms with van der Waals surface area (Å²) in [6.45, 7) is 4.16. The number of aliphatic hydroxyl groups excluding tert-OH is 1. The lowest BCUT2D eigenvalue weighted by molar-refractivity contribution is -0.119. The number of carbonyl (C=O) groups is 1. The number of hydrogen-bond donors (Lipinski definition) is 2. The minimum absolute atomic E-state index is 0.0147. The monoisotopic (exact) mass is 251 g/mol. The van der Waals surface area contributed by atoms with E-state index in [1.54, 1.807) is 0 Å². The van der Waals surface area contributed by atoms with Crippen molar-refractivity contribution in [1.29, 1.82) is 0 Å². The second kappa shape index (κ2) is 6.20. The molecule has 0 fully saturated rings. The van der Waals surface area contributed by atoms with E-state index in [0.717, 1.165) is 19.1 Å². The van der Waals surface area contributed by atoms with Gasteiger partial charge in [0, 0.05) is 18.2 Å². The summed E-state index contributed by atoms with van der Waals surface area (Å²) in [7, 11) is -3.29. The fourth-order valence-electron chi connectivity index (χ4n) is 1.35. The van der Waals surface area contributed by atoms with E-state index in [1.165, 1.54) is 0 Å². The summed E-state index contributed by atoms with van der Waals surface area (Å²) in [4.78, 5) is 11.3. The first-order chi connectivity index (χ1) is 7.28. The van der Waals surface area contributed by atoms with Gasteiger partial charge in [-0.1, -0.05) is 13.8 Å². The van der Waals surface area contributed by atoms with Gasteiger partial charge in [0.05, 0.1) is 6.61 Å². The van der Waals surface area contributed by atoms with Crippen LogP contribution in [0.1, 0.15) is 26.7 Å². The fraction of sp³-hybridized carbons (Fsp3) is 0.900. The second-order valence-electron chi connectivity index (χ2n) is 4.21. The molecule has 0 heterocycles. The summed E-state index contributed by atoms with van der Waals surface area (Å²) in [6.07, 6.45) is 2.49. The van der Waals surface area contributed by atoms with Gasteiger partial charge < -0.3 is 10.4 Å². The molecule has 2 N–H and O–H groups in total. The SMILES string of the molecule is CCC(CC)(CO)CNC(=O)CS(C)(=O)=O. The number of nitrogens with one attached hydrogen (secondary N) is 1. The van der Waals surface area contributed by atoms with Crippen molar-refractivity contribution >= 4 is 15.7 Å². The van der Waals surface area contributed by atoms with Gasteiger partial charge in [-0.3, -0.25) is 4.79 Å². The molecule has 0 saturated carbocycles. The first-order valence-electron chi connectivity index (χ1n) is 5.34. The van der Waals surface area contributed by atoms with E-state index < -0.39 is 21.5 Å². The maximum absolute atomic E-state index is 11.3. The molecule has 0 rings (SSSR count). The first-order valence-corrected chi connectivity index (χ1v) is 7.40. The van der Waals surface area contributed by atoms with E-state index in [0.29, 0.717) is 6.54 Å². The molecule has 5 nitrogen and oxygen atoms in total. The molecule has 0 aliphatic rings. The molecule has 16 heavy (non-hydrogen) atoms. The summed E-state index contributed by atoms with van der Waals surface area (Å²) in [5, 5.41) is 11.8. The Morgan fingerprint density at radius 2 is 1.81 bits per heavy atom. The van der Waals surface area contributed by atoms with Gasteiger partial charge in [-0.2, -0.15) is 0 Å². The van der Waals surface area contributed by atoms with Crippen LogP contribution in [0.3, 0.4) is 0 Å². The molecule has 0 unspecified atom stereocenters. The van der Waals surface area contributed by atoms with Gasteiger partial charge in [-0.25, -0.2) is 8.42 Å². The van der Waals surface area contributed by atoms with Crippen LogP contribution in [-0.2, 0) is 14.6 Å². The number of hydrogen-bond acceptors (Lipinski definition) is 4. The average molecular weight is 251 g/mol. The van der Waals surface area contributed by atoms with Gasteiger partial charge in [0.15, 0.2) is 9.84 Å². The smallest absolute Gasteiger partial charge is 0.235 e. The molecule has 0 saturated heterocycles. The largest absolute Gasteiger partial charge is 0.396 e. The maximum atomic E-state index is 11.3. The zero-order valence-corrected chi connectivity index (χ0v) is 10.9. The van der Waals surface area contributed by atoms with Gasteiger partial charge in [0.1, 0.15) is 5.75 Å². The quantitative estimate of drug-likeness (QED) is 0.664. The highest BCUT2D eigenvalue weighted by Gasteiger charge is 2.26. The van der Waals surface area contributed by atoms with Gasteiger partial charge in [0.25, 0.3) is 0 Å². The summed E-state index contributed by atoms with van der Waals surface area (Å²) in [6, 6.07) is 0. The van der Waals surface area contributed by atoms with Crippen molar-refractivity contribution in [1.82, 2.24) is 5.32 Å². The van der Waals surface area contributed by atoms with E-state index in [2.05, 4.69) is 5.32 Å². The molecular formula is C10H21NO4S. The van der Waals surface area contributed by atoms with Crippen molar-refractivity contribution in [2.24, 2.45) is 5.41 Å². The van der Waals surface area contributed by atoms with Gasteiger partial charge in [0.2, 0.25) is 5.91 Å². The van der Waals surface area contributed by atoms with E-state index >= 15 is 0 Å². The number of amides is 1. The first kappa shape index (κ1) is 15.4. The molecule has 0 radical (unpaired) electrons. The Hall–Kier alpha value is -0.620. The highest BCUT2D eigenvalue weighted by molar-refractivity contribution is 7.91. The van der Waals surface area contributed by atoms with Crippen LogP contribution in [0.15, 0.2) is 0 Å². The second-order valence-corrected chi connectivity index (χ2v) is 6.35. The Balaban J connectivity index is 4.27. The Bertz CT molecular complexity index is 311. The average Bonchev–Trinajstić information content (AvgIpc) is 2.18. The Labute approximate surface area is 97.2 Å². The van der Waals surface area contributed by atoms with Gasteiger partial charge >= 0.3 is 0 Å². The molecule has 0 atom stereocenters. The van der Waals surface area contributed by atoms with Crippen molar-refractivity contribution in [3.8, 4) is 0 Å². The third kappa shape index (κ3) is 5.46. The standard InChI is InChI=1S/C10H21NO4S/c1-4-10(5-2,8-12)7-11-9(13)6-16(3,14)15/h12H,4-8H2,1-3H3,(H,11,13). The molecule has 0 aromatic rings. The highest BCUT2D eigenvalue weighted by atomic mass is 32.2. The van der Waals surface area contributed by atoms with E-state index in [9.17, 15) is 18.3 Å². The van der Waals surface area contributed by atoms with Crippen molar-refractivity contribution in [2.75, 3.05) is 25.2 Å². The molecule has 6 heteroatoms. The Kier molecular flexibility index (Phi) is 5.96. The zero-order valence-electron chi connectivity index (χ0n) is 10.1. The third-order valence-corrected chi connectivity index (χ3v) is 3.68.